The number of nitrogens with zero attached hydrogens (tertiary/aromatic N) is 4. The van der Waals surface area contributed by atoms with Gasteiger partial charge in [-0.25, -0.2) is 23.1 Å². The highest BCUT2D eigenvalue weighted by Crippen LogP contribution is 2.43. The molecule has 9 nitrogen and oxygen atoms in total. The summed E-state index contributed by atoms with van der Waals surface area (Å²) < 4.78 is 32.6. The summed E-state index contributed by atoms with van der Waals surface area (Å²) in [5.74, 6) is 1.20. The fraction of sp³-hybridized carbons (Fsp3) is 0.560. The second-order valence-electron chi connectivity index (χ2n) is 10.1. The van der Waals surface area contributed by atoms with Gasteiger partial charge in [-0.3, -0.25) is 9.69 Å². The number of rotatable bonds is 8. The number of hydrogen-bond acceptors (Lipinski definition) is 7. The molecule has 2 fully saturated rings. The maximum absolute atomic E-state index is 13.7. The smallest absolute Gasteiger partial charge is 0.242 e. The SMILES string of the molecule is CC(C)Oc1cnc(-c2cccc(C[C@@]3(C(=O)N(C)C)C[C@@H](NS(C)(=O)=O)[C@@H]4CCCN43)c2)nc1. The third-order valence-corrected chi connectivity index (χ3v) is 7.45. The first kappa shape index (κ1) is 25.5. The maximum Gasteiger partial charge on any atom is 0.242 e. The zero-order valence-electron chi connectivity index (χ0n) is 21.1. The molecule has 1 amide bonds. The van der Waals surface area contributed by atoms with E-state index in [-0.39, 0.29) is 24.1 Å². The van der Waals surface area contributed by atoms with Gasteiger partial charge >= 0.3 is 0 Å². The fourth-order valence-corrected chi connectivity index (χ4v) is 6.38. The normalized spacial score (nSPS) is 24.5. The minimum absolute atomic E-state index is 0.000888. The number of aromatic nitrogens is 2. The first-order valence-corrected chi connectivity index (χ1v) is 13.9. The summed E-state index contributed by atoms with van der Waals surface area (Å²) in [5.41, 5.74) is 1.02. The standard InChI is InChI=1S/C25H35N5O4S/c1-17(2)34-20-15-26-23(27-16-20)19-9-6-8-18(12-19)13-25(24(31)29(3)4)14-21(28-35(5,32)33)22-10-7-11-30(22)25/h6,8-9,12,15-17,21-22,28H,7,10-11,13-14H2,1-5H3/t21-,22+,25+/m1/s1. The highest BCUT2D eigenvalue weighted by atomic mass is 32.2. The van der Waals surface area contributed by atoms with Gasteiger partial charge in [0, 0.05) is 31.7 Å². The van der Waals surface area contributed by atoms with E-state index in [0.717, 1.165) is 30.5 Å². The Hall–Kier alpha value is -2.56. The molecule has 2 saturated heterocycles. The molecule has 4 rings (SSSR count). The second kappa shape index (κ2) is 9.83. The lowest BCUT2D eigenvalue weighted by Gasteiger charge is -2.39. The molecule has 2 aliphatic heterocycles. The van der Waals surface area contributed by atoms with Crippen molar-refractivity contribution < 1.29 is 17.9 Å². The first-order valence-electron chi connectivity index (χ1n) is 12.0. The van der Waals surface area contributed by atoms with Gasteiger partial charge in [0.2, 0.25) is 15.9 Å². The van der Waals surface area contributed by atoms with Crippen molar-refractivity contribution in [1.82, 2.24) is 24.5 Å². The van der Waals surface area contributed by atoms with Crippen molar-refractivity contribution in [2.75, 3.05) is 26.9 Å². The van der Waals surface area contributed by atoms with Crippen LogP contribution < -0.4 is 9.46 Å². The van der Waals surface area contributed by atoms with Crippen molar-refractivity contribution in [2.45, 2.75) is 63.3 Å². The van der Waals surface area contributed by atoms with Crippen LogP contribution in [0.25, 0.3) is 11.4 Å². The molecule has 35 heavy (non-hydrogen) atoms. The molecule has 0 saturated carbocycles. The molecule has 0 aliphatic carbocycles. The molecule has 1 aromatic carbocycles. The zero-order chi connectivity index (χ0) is 25.4. The molecule has 3 heterocycles. The minimum atomic E-state index is -3.40. The Morgan fingerprint density at radius 2 is 2.00 bits per heavy atom. The van der Waals surface area contributed by atoms with E-state index in [0.29, 0.717) is 24.4 Å². The summed E-state index contributed by atoms with van der Waals surface area (Å²) >= 11 is 0. The summed E-state index contributed by atoms with van der Waals surface area (Å²) in [6.45, 7) is 4.67. The Morgan fingerprint density at radius 1 is 1.29 bits per heavy atom. The summed E-state index contributed by atoms with van der Waals surface area (Å²) in [5, 5.41) is 0. The van der Waals surface area contributed by atoms with E-state index in [2.05, 4.69) is 19.6 Å². The molecular formula is C25H35N5O4S. The number of benzene rings is 1. The van der Waals surface area contributed by atoms with E-state index in [4.69, 9.17) is 4.74 Å². The molecular weight excluding hydrogens is 466 g/mol. The van der Waals surface area contributed by atoms with Gasteiger partial charge < -0.3 is 9.64 Å². The van der Waals surface area contributed by atoms with Crippen LogP contribution in [-0.4, -0.2) is 84.7 Å². The molecule has 0 spiro atoms. The average molecular weight is 502 g/mol. The maximum atomic E-state index is 13.7. The van der Waals surface area contributed by atoms with Crippen LogP contribution in [0.5, 0.6) is 5.75 Å². The lowest BCUT2D eigenvalue weighted by atomic mass is 9.85. The van der Waals surface area contributed by atoms with Crippen LogP contribution in [0.2, 0.25) is 0 Å². The van der Waals surface area contributed by atoms with Crippen LogP contribution in [0, 0.1) is 0 Å². The van der Waals surface area contributed by atoms with Gasteiger partial charge in [-0.15, -0.1) is 0 Å². The van der Waals surface area contributed by atoms with Gasteiger partial charge in [-0.05, 0) is 57.7 Å². The van der Waals surface area contributed by atoms with Gasteiger partial charge in [-0.1, -0.05) is 18.2 Å². The predicted molar refractivity (Wildman–Crippen MR) is 134 cm³/mol. The van der Waals surface area contributed by atoms with Gasteiger partial charge in [0.25, 0.3) is 0 Å². The molecule has 1 aromatic heterocycles. The Morgan fingerprint density at radius 3 is 2.63 bits per heavy atom. The number of likely N-dealkylation sites (N-methyl/N-ethyl adjacent to an activating group) is 1. The molecule has 2 aromatic rings. The molecule has 0 unspecified atom stereocenters. The van der Waals surface area contributed by atoms with Crippen LogP contribution in [0.3, 0.4) is 0 Å². The number of ether oxygens (including phenoxy) is 1. The minimum Gasteiger partial charge on any atom is -0.488 e. The fourth-order valence-electron chi connectivity index (χ4n) is 5.59. The molecule has 0 radical (unpaired) electrons. The highest BCUT2D eigenvalue weighted by molar-refractivity contribution is 7.88. The number of hydrogen-bond donors (Lipinski definition) is 1. The Kier molecular flexibility index (Phi) is 7.17. The van der Waals surface area contributed by atoms with Crippen LogP contribution in [0.1, 0.15) is 38.7 Å². The Balaban J connectivity index is 1.66. The number of amides is 1. The number of nitrogens with one attached hydrogen (secondary N) is 1. The third-order valence-electron chi connectivity index (χ3n) is 6.72. The average Bonchev–Trinajstić information content (AvgIpc) is 3.36. The van der Waals surface area contributed by atoms with Crippen molar-refractivity contribution in [3.05, 3.63) is 42.2 Å². The number of carbonyl (C=O) groups is 1. The Bertz CT molecular complexity index is 1170. The van der Waals surface area contributed by atoms with Gasteiger partial charge in [0.1, 0.15) is 5.54 Å². The monoisotopic (exact) mass is 501 g/mol. The van der Waals surface area contributed by atoms with Crippen molar-refractivity contribution in [2.24, 2.45) is 0 Å². The van der Waals surface area contributed by atoms with Crippen molar-refractivity contribution >= 4 is 15.9 Å². The molecule has 1 N–H and O–H groups in total. The van der Waals surface area contributed by atoms with Crippen molar-refractivity contribution in [1.29, 1.82) is 0 Å². The van der Waals surface area contributed by atoms with E-state index in [1.165, 1.54) is 6.26 Å². The second-order valence-corrected chi connectivity index (χ2v) is 11.9. The molecule has 190 valence electrons. The molecule has 0 bridgehead atoms. The van der Waals surface area contributed by atoms with E-state index < -0.39 is 15.6 Å². The van der Waals surface area contributed by atoms with Crippen molar-refractivity contribution in [3.8, 4) is 17.1 Å². The topological polar surface area (TPSA) is 105 Å². The first-order chi connectivity index (χ1) is 16.5. The van der Waals surface area contributed by atoms with Crippen LogP contribution in [0.15, 0.2) is 36.7 Å². The lowest BCUT2D eigenvalue weighted by molar-refractivity contribution is -0.140. The number of fused-ring (bicyclic) bond motifs is 1. The van der Waals surface area contributed by atoms with Gasteiger partial charge in [-0.2, -0.15) is 0 Å². The summed E-state index contributed by atoms with van der Waals surface area (Å²) in [6, 6.07) is 7.63. The highest BCUT2D eigenvalue weighted by Gasteiger charge is 2.58. The number of sulfonamides is 1. The summed E-state index contributed by atoms with van der Waals surface area (Å²) in [7, 11) is 0.125. The van der Waals surface area contributed by atoms with E-state index in [1.54, 1.807) is 31.4 Å². The molecule has 10 heteroatoms. The van der Waals surface area contributed by atoms with E-state index >= 15 is 0 Å². The summed E-state index contributed by atoms with van der Waals surface area (Å²) in [4.78, 5) is 26.5. The molecule has 2 aliphatic rings. The molecule has 3 atom stereocenters. The summed E-state index contributed by atoms with van der Waals surface area (Å²) in [6.07, 6.45) is 7.27. The van der Waals surface area contributed by atoms with Gasteiger partial charge in [0.15, 0.2) is 11.6 Å². The van der Waals surface area contributed by atoms with Crippen LogP contribution in [-0.2, 0) is 21.2 Å². The van der Waals surface area contributed by atoms with E-state index in [9.17, 15) is 13.2 Å². The Labute approximate surface area is 207 Å². The van der Waals surface area contributed by atoms with E-state index in [1.807, 2.05) is 38.1 Å². The largest absolute Gasteiger partial charge is 0.488 e. The number of carbonyl (C=O) groups excluding carboxylic acids is 1. The van der Waals surface area contributed by atoms with Crippen molar-refractivity contribution in [3.63, 3.8) is 0 Å². The third kappa shape index (κ3) is 5.49. The zero-order valence-corrected chi connectivity index (χ0v) is 21.9. The lowest BCUT2D eigenvalue weighted by Crippen LogP contribution is -2.57. The quantitative estimate of drug-likeness (QED) is 0.591. The van der Waals surface area contributed by atoms with Crippen LogP contribution in [0.4, 0.5) is 0 Å². The predicted octanol–water partition coefficient (Wildman–Crippen LogP) is 2.09. The van der Waals surface area contributed by atoms with Crippen LogP contribution >= 0.6 is 0 Å². The van der Waals surface area contributed by atoms with Gasteiger partial charge in [0.05, 0.1) is 24.8 Å².